The SMILES string of the molecule is OCC1O[C@H](O)CC(O[C@H]2OC(CO)[C@@H](O)CC2O)[C@@H]1O. The maximum absolute atomic E-state index is 9.98. The average Bonchev–Trinajstić information content (AvgIpc) is 2.45. The first-order chi connectivity index (χ1) is 9.96. The highest BCUT2D eigenvalue weighted by Gasteiger charge is 2.43. The highest BCUT2D eigenvalue weighted by Crippen LogP contribution is 2.27. The minimum atomic E-state index is -1.21. The van der Waals surface area contributed by atoms with E-state index in [9.17, 15) is 20.4 Å². The largest absolute Gasteiger partial charge is 0.394 e. The number of hydrogen-bond donors (Lipinski definition) is 6. The summed E-state index contributed by atoms with van der Waals surface area (Å²) in [4.78, 5) is 0. The Morgan fingerprint density at radius 2 is 1.52 bits per heavy atom. The smallest absolute Gasteiger partial charge is 0.184 e. The van der Waals surface area contributed by atoms with Crippen LogP contribution in [0.4, 0.5) is 0 Å². The average molecular weight is 310 g/mol. The van der Waals surface area contributed by atoms with Crippen molar-refractivity contribution in [2.24, 2.45) is 0 Å². The first-order valence-electron chi connectivity index (χ1n) is 6.86. The molecule has 0 radical (unpaired) electrons. The molecule has 0 spiro atoms. The lowest BCUT2D eigenvalue weighted by molar-refractivity contribution is -0.319. The molecule has 2 fully saturated rings. The molecule has 2 aliphatic rings. The molecule has 2 aliphatic heterocycles. The van der Waals surface area contributed by atoms with Crippen LogP contribution in [0.2, 0.25) is 0 Å². The molecule has 2 saturated heterocycles. The molecular weight excluding hydrogens is 288 g/mol. The van der Waals surface area contributed by atoms with E-state index in [1.807, 2.05) is 0 Å². The predicted molar refractivity (Wildman–Crippen MR) is 65.8 cm³/mol. The van der Waals surface area contributed by atoms with E-state index in [4.69, 9.17) is 24.4 Å². The Morgan fingerprint density at radius 3 is 2.14 bits per heavy atom. The van der Waals surface area contributed by atoms with Crippen molar-refractivity contribution in [2.45, 2.75) is 62.0 Å². The molecule has 0 aromatic rings. The van der Waals surface area contributed by atoms with Crippen LogP contribution in [0.3, 0.4) is 0 Å². The van der Waals surface area contributed by atoms with Gasteiger partial charge in [-0.25, -0.2) is 0 Å². The minimum Gasteiger partial charge on any atom is -0.394 e. The van der Waals surface area contributed by atoms with Gasteiger partial charge in [0, 0.05) is 12.8 Å². The van der Waals surface area contributed by atoms with Crippen molar-refractivity contribution >= 4 is 0 Å². The summed E-state index contributed by atoms with van der Waals surface area (Å²) >= 11 is 0. The zero-order valence-electron chi connectivity index (χ0n) is 11.4. The second-order valence-electron chi connectivity index (χ2n) is 5.31. The molecule has 9 nitrogen and oxygen atoms in total. The van der Waals surface area contributed by atoms with Crippen LogP contribution in [0.15, 0.2) is 0 Å². The molecule has 0 amide bonds. The van der Waals surface area contributed by atoms with Gasteiger partial charge in [0.2, 0.25) is 0 Å². The summed E-state index contributed by atoms with van der Waals surface area (Å²) in [6.07, 6.45) is -8.63. The van der Waals surface area contributed by atoms with E-state index in [1.165, 1.54) is 0 Å². The summed E-state index contributed by atoms with van der Waals surface area (Å²) in [5.74, 6) is 0. The summed E-state index contributed by atoms with van der Waals surface area (Å²) in [5.41, 5.74) is 0. The van der Waals surface area contributed by atoms with Gasteiger partial charge in [-0.05, 0) is 0 Å². The van der Waals surface area contributed by atoms with E-state index in [0.717, 1.165) is 0 Å². The first-order valence-corrected chi connectivity index (χ1v) is 6.86. The zero-order chi connectivity index (χ0) is 15.6. The second kappa shape index (κ2) is 7.27. The Labute approximate surface area is 121 Å². The van der Waals surface area contributed by atoms with E-state index in [1.54, 1.807) is 0 Å². The molecule has 0 aliphatic carbocycles. The maximum atomic E-state index is 9.98. The van der Waals surface area contributed by atoms with E-state index in [-0.39, 0.29) is 12.8 Å². The Morgan fingerprint density at radius 1 is 0.857 bits per heavy atom. The fourth-order valence-corrected chi connectivity index (χ4v) is 2.53. The number of aliphatic hydroxyl groups excluding tert-OH is 6. The third-order valence-electron chi connectivity index (χ3n) is 3.73. The van der Waals surface area contributed by atoms with Gasteiger partial charge in [0.1, 0.15) is 24.4 Å². The van der Waals surface area contributed by atoms with Gasteiger partial charge in [0.25, 0.3) is 0 Å². The van der Waals surface area contributed by atoms with Crippen molar-refractivity contribution in [1.82, 2.24) is 0 Å². The third-order valence-corrected chi connectivity index (χ3v) is 3.73. The Balaban J connectivity index is 1.98. The molecule has 0 saturated carbocycles. The fraction of sp³-hybridized carbons (Fsp3) is 1.00. The molecule has 2 rings (SSSR count). The van der Waals surface area contributed by atoms with Gasteiger partial charge >= 0.3 is 0 Å². The van der Waals surface area contributed by atoms with Crippen LogP contribution in [-0.4, -0.2) is 93.1 Å². The molecule has 124 valence electrons. The number of ether oxygens (including phenoxy) is 3. The van der Waals surface area contributed by atoms with Gasteiger partial charge in [-0.15, -0.1) is 0 Å². The lowest BCUT2D eigenvalue weighted by atomic mass is 10.00. The van der Waals surface area contributed by atoms with E-state index >= 15 is 0 Å². The minimum absolute atomic E-state index is 0.0405. The summed E-state index contributed by atoms with van der Waals surface area (Å²) in [6.45, 7) is -0.934. The van der Waals surface area contributed by atoms with Crippen molar-refractivity contribution in [3.05, 3.63) is 0 Å². The summed E-state index contributed by atoms with van der Waals surface area (Å²) in [6, 6.07) is 0. The van der Waals surface area contributed by atoms with Gasteiger partial charge in [-0.2, -0.15) is 0 Å². The van der Waals surface area contributed by atoms with Gasteiger partial charge < -0.3 is 44.8 Å². The highest BCUT2D eigenvalue weighted by molar-refractivity contribution is 4.86. The van der Waals surface area contributed by atoms with Crippen molar-refractivity contribution < 1.29 is 44.8 Å². The number of rotatable bonds is 4. The standard InChI is InChI=1S/C12H22O9/c13-3-8-5(15)1-6(16)12(21-8)20-7-2-10(17)19-9(4-14)11(7)18/h5-18H,1-4H2/t5-,6?,7?,8?,9?,10-,11-,12-/m0/s1. The van der Waals surface area contributed by atoms with Gasteiger partial charge in [-0.3, -0.25) is 0 Å². The van der Waals surface area contributed by atoms with Crippen LogP contribution in [0, 0.1) is 0 Å². The van der Waals surface area contributed by atoms with Crippen molar-refractivity contribution in [3.8, 4) is 0 Å². The van der Waals surface area contributed by atoms with Crippen LogP contribution in [-0.2, 0) is 14.2 Å². The monoisotopic (exact) mass is 310 g/mol. The molecular formula is C12H22O9. The Hall–Kier alpha value is -0.360. The van der Waals surface area contributed by atoms with Crippen LogP contribution >= 0.6 is 0 Å². The number of aliphatic hydroxyl groups is 6. The van der Waals surface area contributed by atoms with Crippen molar-refractivity contribution in [1.29, 1.82) is 0 Å². The van der Waals surface area contributed by atoms with Crippen LogP contribution in [0.5, 0.6) is 0 Å². The maximum Gasteiger partial charge on any atom is 0.184 e. The molecule has 21 heavy (non-hydrogen) atoms. The van der Waals surface area contributed by atoms with Gasteiger partial charge in [0.15, 0.2) is 12.6 Å². The lowest BCUT2D eigenvalue weighted by Crippen LogP contribution is -2.56. The predicted octanol–water partition coefficient (Wildman–Crippen LogP) is -3.34. The van der Waals surface area contributed by atoms with Crippen molar-refractivity contribution in [2.75, 3.05) is 13.2 Å². The molecule has 8 atom stereocenters. The molecule has 9 heteroatoms. The van der Waals surface area contributed by atoms with Crippen LogP contribution in [0.25, 0.3) is 0 Å². The molecule has 0 aromatic heterocycles. The zero-order valence-corrected chi connectivity index (χ0v) is 11.4. The molecule has 6 N–H and O–H groups in total. The lowest BCUT2D eigenvalue weighted by Gasteiger charge is -2.41. The Kier molecular flexibility index (Phi) is 5.88. The third kappa shape index (κ3) is 3.89. The van der Waals surface area contributed by atoms with E-state index in [0.29, 0.717) is 0 Å². The van der Waals surface area contributed by atoms with Crippen molar-refractivity contribution in [3.63, 3.8) is 0 Å². The first kappa shape index (κ1) is 17.0. The normalized spacial score (nSPS) is 48.3. The van der Waals surface area contributed by atoms with Gasteiger partial charge in [0.05, 0.1) is 25.4 Å². The fourth-order valence-electron chi connectivity index (χ4n) is 2.53. The Bertz CT molecular complexity index is 328. The van der Waals surface area contributed by atoms with E-state index < -0.39 is 62.4 Å². The second-order valence-corrected chi connectivity index (χ2v) is 5.31. The molecule has 0 aromatic carbocycles. The summed E-state index contributed by atoms with van der Waals surface area (Å²) < 4.78 is 15.6. The number of hydrogen-bond acceptors (Lipinski definition) is 9. The summed E-state index contributed by atoms with van der Waals surface area (Å²) in [5, 5.41) is 57.1. The molecule has 4 unspecified atom stereocenters. The van der Waals surface area contributed by atoms with Gasteiger partial charge in [-0.1, -0.05) is 0 Å². The summed E-state index contributed by atoms with van der Waals surface area (Å²) in [7, 11) is 0. The highest BCUT2D eigenvalue weighted by atomic mass is 16.7. The van der Waals surface area contributed by atoms with Crippen LogP contribution < -0.4 is 0 Å². The quantitative estimate of drug-likeness (QED) is 0.313. The topological polar surface area (TPSA) is 149 Å². The van der Waals surface area contributed by atoms with E-state index in [2.05, 4.69) is 0 Å². The molecule has 2 heterocycles. The molecule has 0 bridgehead atoms. The van der Waals surface area contributed by atoms with Crippen LogP contribution in [0.1, 0.15) is 12.8 Å².